The maximum absolute atomic E-state index is 13.0. The normalized spacial score (nSPS) is 14.2. The Morgan fingerprint density at radius 2 is 1.76 bits per heavy atom. The Hall–Kier alpha value is -3.58. The zero-order valence-corrected chi connectivity index (χ0v) is 21.8. The quantitative estimate of drug-likeness (QED) is 0.310. The van der Waals surface area contributed by atoms with E-state index in [1.54, 1.807) is 18.4 Å². The van der Waals surface area contributed by atoms with Gasteiger partial charge in [0, 0.05) is 46.3 Å². The highest BCUT2D eigenvalue weighted by Gasteiger charge is 2.26. The molecular weight excluding hydrogens is 492 g/mol. The lowest BCUT2D eigenvalue weighted by molar-refractivity contribution is -0.123. The molecule has 0 spiro atoms. The van der Waals surface area contributed by atoms with E-state index in [-0.39, 0.29) is 43.2 Å². The molecule has 5 rings (SSSR count). The van der Waals surface area contributed by atoms with Gasteiger partial charge in [0.25, 0.3) is 0 Å². The van der Waals surface area contributed by atoms with Crippen molar-refractivity contribution in [2.45, 2.75) is 58.4 Å². The van der Waals surface area contributed by atoms with Gasteiger partial charge in [0.05, 0.1) is 18.2 Å². The highest BCUT2D eigenvalue weighted by molar-refractivity contribution is 6.30. The summed E-state index contributed by atoms with van der Waals surface area (Å²) in [5.74, 6) is -0.582. The van der Waals surface area contributed by atoms with Crippen molar-refractivity contribution in [1.82, 2.24) is 10.6 Å². The number of carbonyl (C=O) groups excluding carboxylic acids is 2. The molecule has 1 fully saturated rings. The summed E-state index contributed by atoms with van der Waals surface area (Å²) in [6.07, 6.45) is 3.82. The molecule has 0 bridgehead atoms. The Morgan fingerprint density at radius 1 is 1.03 bits per heavy atom. The minimum Gasteiger partial charge on any atom is -0.464 e. The van der Waals surface area contributed by atoms with E-state index in [1.165, 1.54) is 0 Å². The molecule has 1 aliphatic rings. The summed E-state index contributed by atoms with van der Waals surface area (Å²) in [6.45, 7) is 5.91. The third kappa shape index (κ3) is 5.27. The average Bonchev–Trinajstić information content (AvgIpc) is 3.60. The molecule has 2 N–H and O–H groups in total. The maximum Gasteiger partial charge on any atom is 0.340 e. The first kappa shape index (κ1) is 25.1. The van der Waals surface area contributed by atoms with Gasteiger partial charge in [-0.1, -0.05) is 23.7 Å². The molecule has 0 saturated heterocycles. The predicted octanol–water partition coefficient (Wildman–Crippen LogP) is 5.23. The Balaban J connectivity index is 1.35. The first-order valence-electron chi connectivity index (χ1n) is 12.5. The van der Waals surface area contributed by atoms with E-state index in [1.807, 2.05) is 39.0 Å². The molecule has 1 unspecified atom stereocenters. The minimum atomic E-state index is -0.538. The molecule has 37 heavy (non-hydrogen) atoms. The number of hydrogen-bond donors (Lipinski definition) is 2. The second kappa shape index (κ2) is 10.1. The first-order valence-corrected chi connectivity index (χ1v) is 12.8. The van der Waals surface area contributed by atoms with Crippen LogP contribution in [0, 0.1) is 20.8 Å². The van der Waals surface area contributed by atoms with Gasteiger partial charge in [-0.3, -0.25) is 9.59 Å². The van der Waals surface area contributed by atoms with Crippen LogP contribution in [0.5, 0.6) is 0 Å². The number of fused-ring (bicyclic) bond motifs is 2. The standard InChI is InChI=1S/C29H29ClN2O5/c1-15-14-36-27-17(3)28-23(11-22(15)27)16(2)24(29(35)37-28)12-25(33)31-13-19(10-26(34)32-21-8-9-21)18-4-6-20(30)7-5-18/h4-7,11,14,19,21H,8-10,12-13H2,1-3H3,(H,31,33)(H,32,34). The van der Waals surface area contributed by atoms with Crippen LogP contribution in [0.25, 0.3) is 21.9 Å². The maximum atomic E-state index is 13.0. The first-order chi connectivity index (χ1) is 17.7. The highest BCUT2D eigenvalue weighted by atomic mass is 35.5. The summed E-state index contributed by atoms with van der Waals surface area (Å²) in [7, 11) is 0. The number of aryl methyl sites for hydroxylation is 3. The number of nitrogens with one attached hydrogen (secondary N) is 2. The molecule has 2 amide bonds. The van der Waals surface area contributed by atoms with Crippen molar-refractivity contribution in [3.05, 3.63) is 79.9 Å². The molecule has 7 nitrogen and oxygen atoms in total. The number of benzene rings is 2. The highest BCUT2D eigenvalue weighted by Crippen LogP contribution is 2.32. The van der Waals surface area contributed by atoms with Crippen molar-refractivity contribution >= 4 is 45.4 Å². The van der Waals surface area contributed by atoms with Crippen LogP contribution in [0.2, 0.25) is 5.02 Å². The number of rotatable bonds is 8. The topological polar surface area (TPSA) is 102 Å². The van der Waals surface area contributed by atoms with E-state index in [0.717, 1.165) is 40.3 Å². The van der Waals surface area contributed by atoms with Crippen molar-refractivity contribution < 1.29 is 18.4 Å². The molecule has 0 aliphatic heterocycles. The van der Waals surface area contributed by atoms with Gasteiger partial charge in [0.15, 0.2) is 0 Å². The van der Waals surface area contributed by atoms with Crippen LogP contribution in [0.3, 0.4) is 0 Å². The summed E-state index contributed by atoms with van der Waals surface area (Å²) in [5.41, 5.74) is 4.31. The Labute approximate surface area is 219 Å². The molecule has 0 radical (unpaired) electrons. The van der Waals surface area contributed by atoms with Crippen LogP contribution in [0.15, 0.2) is 50.2 Å². The average molecular weight is 521 g/mol. The molecule has 192 valence electrons. The van der Waals surface area contributed by atoms with Gasteiger partial charge >= 0.3 is 5.63 Å². The summed E-state index contributed by atoms with van der Waals surface area (Å²) >= 11 is 6.04. The van der Waals surface area contributed by atoms with E-state index in [4.69, 9.17) is 20.4 Å². The molecular formula is C29H29ClN2O5. The molecule has 2 aromatic carbocycles. The van der Waals surface area contributed by atoms with Crippen LogP contribution in [-0.4, -0.2) is 24.4 Å². The molecule has 4 aromatic rings. The fraction of sp³-hybridized carbons (Fsp3) is 0.345. The van der Waals surface area contributed by atoms with Crippen LogP contribution in [-0.2, 0) is 16.0 Å². The van der Waals surface area contributed by atoms with E-state index in [2.05, 4.69) is 10.6 Å². The molecule has 2 heterocycles. The summed E-state index contributed by atoms with van der Waals surface area (Å²) < 4.78 is 11.3. The van der Waals surface area contributed by atoms with Crippen LogP contribution in [0.4, 0.5) is 0 Å². The fourth-order valence-electron chi connectivity index (χ4n) is 4.76. The lowest BCUT2D eigenvalue weighted by atomic mass is 9.95. The second-order valence-electron chi connectivity index (χ2n) is 9.94. The summed E-state index contributed by atoms with van der Waals surface area (Å²) in [5, 5.41) is 8.26. The number of furan rings is 1. The largest absolute Gasteiger partial charge is 0.464 e. The smallest absolute Gasteiger partial charge is 0.340 e. The van der Waals surface area contributed by atoms with Crippen molar-refractivity contribution in [3.8, 4) is 0 Å². The minimum absolute atomic E-state index is 0.0426. The number of amides is 2. The Bertz CT molecular complexity index is 1560. The van der Waals surface area contributed by atoms with Gasteiger partial charge in [0.1, 0.15) is 11.2 Å². The van der Waals surface area contributed by atoms with Crippen LogP contribution in [0.1, 0.15) is 53.0 Å². The van der Waals surface area contributed by atoms with Crippen molar-refractivity contribution in [2.24, 2.45) is 0 Å². The molecule has 1 aliphatic carbocycles. The van der Waals surface area contributed by atoms with E-state index in [0.29, 0.717) is 27.3 Å². The van der Waals surface area contributed by atoms with Crippen LogP contribution >= 0.6 is 11.6 Å². The molecule has 8 heteroatoms. The molecule has 1 atom stereocenters. The lowest BCUT2D eigenvalue weighted by Gasteiger charge is -2.18. The van der Waals surface area contributed by atoms with Crippen molar-refractivity contribution in [1.29, 1.82) is 0 Å². The van der Waals surface area contributed by atoms with Crippen molar-refractivity contribution in [2.75, 3.05) is 6.54 Å². The van der Waals surface area contributed by atoms with Gasteiger partial charge in [-0.15, -0.1) is 0 Å². The number of carbonyl (C=O) groups is 2. The summed E-state index contributed by atoms with van der Waals surface area (Å²) in [6, 6.07) is 9.49. The Morgan fingerprint density at radius 3 is 2.46 bits per heavy atom. The van der Waals surface area contributed by atoms with Gasteiger partial charge in [-0.25, -0.2) is 4.79 Å². The fourth-order valence-corrected chi connectivity index (χ4v) is 4.89. The van der Waals surface area contributed by atoms with Gasteiger partial charge in [-0.2, -0.15) is 0 Å². The molecule has 2 aromatic heterocycles. The lowest BCUT2D eigenvalue weighted by Crippen LogP contribution is -2.34. The third-order valence-electron chi connectivity index (χ3n) is 7.13. The summed E-state index contributed by atoms with van der Waals surface area (Å²) in [4.78, 5) is 38.4. The monoisotopic (exact) mass is 520 g/mol. The van der Waals surface area contributed by atoms with Crippen LogP contribution < -0.4 is 16.3 Å². The second-order valence-corrected chi connectivity index (χ2v) is 10.4. The predicted molar refractivity (Wildman–Crippen MR) is 143 cm³/mol. The number of hydrogen-bond acceptors (Lipinski definition) is 5. The van der Waals surface area contributed by atoms with E-state index >= 15 is 0 Å². The zero-order chi connectivity index (χ0) is 26.3. The third-order valence-corrected chi connectivity index (χ3v) is 7.39. The van der Waals surface area contributed by atoms with E-state index in [9.17, 15) is 14.4 Å². The van der Waals surface area contributed by atoms with Gasteiger partial charge in [-0.05, 0) is 68.5 Å². The SMILES string of the molecule is Cc1coc2c(C)c3oc(=O)c(CC(=O)NCC(CC(=O)NC4CC4)c4ccc(Cl)cc4)c(C)c3cc12. The van der Waals surface area contributed by atoms with E-state index < -0.39 is 5.63 Å². The van der Waals surface area contributed by atoms with Crippen molar-refractivity contribution in [3.63, 3.8) is 0 Å². The van der Waals surface area contributed by atoms with Gasteiger partial charge < -0.3 is 19.5 Å². The number of halogens is 1. The zero-order valence-electron chi connectivity index (χ0n) is 21.1. The Kier molecular flexibility index (Phi) is 6.82. The molecule has 1 saturated carbocycles. The van der Waals surface area contributed by atoms with Gasteiger partial charge in [0.2, 0.25) is 11.8 Å².